The minimum absolute atomic E-state index is 0.0632. The first kappa shape index (κ1) is 20.4. The van der Waals surface area contributed by atoms with Crippen molar-refractivity contribution in [2.45, 2.75) is 56.8 Å². The van der Waals surface area contributed by atoms with Gasteiger partial charge in [0.2, 0.25) is 0 Å². The second-order valence-corrected chi connectivity index (χ2v) is 8.20. The van der Waals surface area contributed by atoms with Gasteiger partial charge in [0, 0.05) is 7.11 Å². The van der Waals surface area contributed by atoms with Gasteiger partial charge in [0.05, 0.1) is 22.6 Å². The smallest absolute Gasteiger partial charge is 0.337 e. The van der Waals surface area contributed by atoms with E-state index in [-0.39, 0.29) is 12.9 Å². The second-order valence-electron chi connectivity index (χ2n) is 6.72. The molecular weight excluding hydrogens is 364 g/mol. The maximum Gasteiger partial charge on any atom is 0.337 e. The minimum Gasteiger partial charge on any atom is -0.457 e. The molecular formula is C17H27BrO5. The predicted octanol–water partition coefficient (Wildman–Crippen LogP) is 3.37. The van der Waals surface area contributed by atoms with Crippen molar-refractivity contribution in [3.8, 4) is 0 Å². The molecule has 0 saturated heterocycles. The Morgan fingerprint density at radius 1 is 1.39 bits per heavy atom. The van der Waals surface area contributed by atoms with Crippen molar-refractivity contribution in [2.24, 2.45) is 0 Å². The van der Waals surface area contributed by atoms with Crippen molar-refractivity contribution in [3.05, 3.63) is 23.8 Å². The Labute approximate surface area is 147 Å². The highest BCUT2D eigenvalue weighted by atomic mass is 79.9. The van der Waals surface area contributed by atoms with E-state index in [9.17, 15) is 4.79 Å². The van der Waals surface area contributed by atoms with Gasteiger partial charge in [0.1, 0.15) is 18.5 Å². The van der Waals surface area contributed by atoms with Crippen LogP contribution in [-0.4, -0.2) is 48.6 Å². The van der Waals surface area contributed by atoms with Crippen LogP contribution in [0.5, 0.6) is 0 Å². The summed E-state index contributed by atoms with van der Waals surface area (Å²) in [5.74, 6) is -0.406. The molecule has 0 aromatic carbocycles. The number of rotatable bonds is 7. The van der Waals surface area contributed by atoms with Gasteiger partial charge in [-0.05, 0) is 40.7 Å². The highest BCUT2D eigenvalue weighted by Gasteiger charge is 2.43. The summed E-state index contributed by atoms with van der Waals surface area (Å²) in [7, 11) is 1.54. The monoisotopic (exact) mass is 390 g/mol. The quantitative estimate of drug-likeness (QED) is 0.378. The molecule has 0 amide bonds. The van der Waals surface area contributed by atoms with Crippen LogP contribution in [0.15, 0.2) is 23.8 Å². The number of alkyl halides is 1. The van der Waals surface area contributed by atoms with Crippen molar-refractivity contribution in [1.29, 1.82) is 0 Å². The first-order valence-corrected chi connectivity index (χ1v) is 8.42. The first-order chi connectivity index (χ1) is 10.6. The van der Waals surface area contributed by atoms with E-state index in [1.165, 1.54) is 7.11 Å². The van der Waals surface area contributed by atoms with Crippen LogP contribution < -0.4 is 0 Å². The van der Waals surface area contributed by atoms with E-state index in [1.54, 1.807) is 6.08 Å². The molecule has 0 saturated carbocycles. The van der Waals surface area contributed by atoms with Crippen molar-refractivity contribution in [2.75, 3.05) is 20.5 Å². The predicted molar refractivity (Wildman–Crippen MR) is 92.6 cm³/mol. The summed E-state index contributed by atoms with van der Waals surface area (Å²) < 4.78 is 21.3. The van der Waals surface area contributed by atoms with Crippen LogP contribution >= 0.6 is 15.9 Å². The lowest BCUT2D eigenvalue weighted by atomic mass is 9.90. The van der Waals surface area contributed by atoms with E-state index in [2.05, 4.69) is 15.9 Å². The molecule has 0 heterocycles. The second kappa shape index (κ2) is 8.42. The molecule has 2 unspecified atom stereocenters. The SMILES string of the molecule is COCOC1C(C(=O)OC(C)(C)C)=CC=CC1(Br)COC(C)C. The molecule has 0 aromatic rings. The molecule has 0 bridgehead atoms. The number of methoxy groups -OCH3 is 1. The normalized spacial score (nSPS) is 24.7. The Balaban J connectivity index is 3.00. The van der Waals surface area contributed by atoms with E-state index in [0.717, 1.165) is 0 Å². The maximum absolute atomic E-state index is 12.5. The molecule has 1 aliphatic carbocycles. The van der Waals surface area contributed by atoms with E-state index in [4.69, 9.17) is 18.9 Å². The van der Waals surface area contributed by atoms with Crippen LogP contribution in [0.2, 0.25) is 0 Å². The van der Waals surface area contributed by atoms with Crippen LogP contribution in [0.25, 0.3) is 0 Å². The molecule has 0 spiro atoms. The Bertz CT molecular complexity index is 464. The fourth-order valence-electron chi connectivity index (χ4n) is 2.04. The molecule has 1 aliphatic rings. The third-order valence-electron chi connectivity index (χ3n) is 2.99. The highest BCUT2D eigenvalue weighted by Crippen LogP contribution is 2.36. The van der Waals surface area contributed by atoms with Crippen LogP contribution in [-0.2, 0) is 23.7 Å². The molecule has 6 heteroatoms. The van der Waals surface area contributed by atoms with Gasteiger partial charge in [-0.15, -0.1) is 0 Å². The third-order valence-corrected chi connectivity index (χ3v) is 3.90. The average Bonchev–Trinajstić information content (AvgIpc) is 2.42. The maximum atomic E-state index is 12.5. The number of hydrogen-bond acceptors (Lipinski definition) is 5. The van der Waals surface area contributed by atoms with Crippen LogP contribution in [0.1, 0.15) is 34.6 Å². The van der Waals surface area contributed by atoms with Gasteiger partial charge in [-0.2, -0.15) is 0 Å². The fourth-order valence-corrected chi connectivity index (χ4v) is 2.70. The zero-order valence-corrected chi connectivity index (χ0v) is 16.3. The molecule has 0 radical (unpaired) electrons. The van der Waals surface area contributed by atoms with Crippen molar-refractivity contribution >= 4 is 21.9 Å². The van der Waals surface area contributed by atoms with Gasteiger partial charge in [0.15, 0.2) is 0 Å². The Morgan fingerprint density at radius 3 is 2.57 bits per heavy atom. The number of ether oxygens (including phenoxy) is 4. The first-order valence-electron chi connectivity index (χ1n) is 7.63. The van der Waals surface area contributed by atoms with Crippen LogP contribution in [0, 0.1) is 0 Å². The Hall–Kier alpha value is -0.690. The van der Waals surface area contributed by atoms with Crippen molar-refractivity contribution in [3.63, 3.8) is 0 Å². The highest BCUT2D eigenvalue weighted by molar-refractivity contribution is 9.10. The molecule has 23 heavy (non-hydrogen) atoms. The fraction of sp³-hybridized carbons (Fsp3) is 0.706. The number of allylic oxidation sites excluding steroid dienone is 2. The minimum atomic E-state index is -0.656. The van der Waals surface area contributed by atoms with Gasteiger partial charge < -0.3 is 18.9 Å². The van der Waals surface area contributed by atoms with E-state index in [1.807, 2.05) is 46.8 Å². The number of esters is 1. The molecule has 132 valence electrons. The summed E-state index contributed by atoms with van der Waals surface area (Å²) in [5.41, 5.74) is -0.141. The molecule has 2 atom stereocenters. The summed E-state index contributed by atoms with van der Waals surface area (Å²) in [4.78, 5) is 12.5. The van der Waals surface area contributed by atoms with Crippen LogP contribution in [0.3, 0.4) is 0 Å². The topological polar surface area (TPSA) is 54.0 Å². The number of carbonyl (C=O) groups excluding carboxylic acids is 1. The molecule has 0 N–H and O–H groups in total. The standard InChI is InChI=1S/C17H27BrO5/c1-12(2)21-10-17(18)9-7-8-13(14(17)22-11-20-6)15(19)23-16(3,4)5/h7-9,12,14H,10-11H2,1-6H3. The lowest BCUT2D eigenvalue weighted by Gasteiger charge is -2.36. The molecule has 1 rings (SSSR count). The Kier molecular flexibility index (Phi) is 7.45. The summed E-state index contributed by atoms with van der Waals surface area (Å²) >= 11 is 3.67. The number of halogens is 1. The zero-order chi connectivity index (χ0) is 17.7. The molecule has 0 aromatic heterocycles. The van der Waals surface area contributed by atoms with Gasteiger partial charge >= 0.3 is 5.97 Å². The lowest BCUT2D eigenvalue weighted by molar-refractivity contribution is -0.153. The molecule has 5 nitrogen and oxygen atoms in total. The Morgan fingerprint density at radius 2 is 2.04 bits per heavy atom. The summed E-state index contributed by atoms with van der Waals surface area (Å²) in [5, 5.41) is 0. The lowest BCUT2D eigenvalue weighted by Crippen LogP contribution is -2.47. The van der Waals surface area contributed by atoms with Gasteiger partial charge in [-0.1, -0.05) is 28.1 Å². The average molecular weight is 391 g/mol. The van der Waals surface area contributed by atoms with Gasteiger partial charge in [-0.3, -0.25) is 0 Å². The summed E-state index contributed by atoms with van der Waals surface area (Å²) in [6, 6.07) is 0. The van der Waals surface area contributed by atoms with E-state index < -0.39 is 22.0 Å². The zero-order valence-electron chi connectivity index (χ0n) is 14.7. The van der Waals surface area contributed by atoms with Crippen molar-refractivity contribution in [1.82, 2.24) is 0 Å². The van der Waals surface area contributed by atoms with Gasteiger partial charge in [0.25, 0.3) is 0 Å². The van der Waals surface area contributed by atoms with E-state index >= 15 is 0 Å². The van der Waals surface area contributed by atoms with Crippen molar-refractivity contribution < 1.29 is 23.7 Å². The van der Waals surface area contributed by atoms with E-state index in [0.29, 0.717) is 12.2 Å². The summed E-state index contributed by atoms with van der Waals surface area (Å²) in [6.45, 7) is 9.83. The summed E-state index contributed by atoms with van der Waals surface area (Å²) in [6.07, 6.45) is 4.94. The molecule has 0 aliphatic heterocycles. The van der Waals surface area contributed by atoms with Gasteiger partial charge in [-0.25, -0.2) is 4.79 Å². The largest absolute Gasteiger partial charge is 0.457 e. The number of hydrogen-bond donors (Lipinski definition) is 0. The third kappa shape index (κ3) is 6.37. The molecule has 0 fully saturated rings. The van der Waals surface area contributed by atoms with Crippen LogP contribution in [0.4, 0.5) is 0 Å². The number of carbonyl (C=O) groups is 1.